The van der Waals surface area contributed by atoms with Crippen LogP contribution in [0.1, 0.15) is 34.6 Å². The van der Waals surface area contributed by atoms with Crippen molar-refractivity contribution in [3.8, 4) is 17.3 Å². The third-order valence-electron chi connectivity index (χ3n) is 6.04. The summed E-state index contributed by atoms with van der Waals surface area (Å²) in [4.78, 5) is 36.2. The first-order chi connectivity index (χ1) is 19.8. The molecule has 0 unspecified atom stereocenters. The average Bonchev–Trinajstić information content (AvgIpc) is 3.71. The zero-order valence-corrected chi connectivity index (χ0v) is 21.1. The van der Waals surface area contributed by atoms with Crippen LogP contribution in [0.4, 0.5) is 17.2 Å². The average molecular weight is 563 g/mol. The van der Waals surface area contributed by atoms with Crippen LogP contribution in [0.15, 0.2) is 52.2 Å². The van der Waals surface area contributed by atoms with Gasteiger partial charge >= 0.3 is 5.69 Å². The highest BCUT2D eigenvalue weighted by Gasteiger charge is 2.27. The van der Waals surface area contributed by atoms with Crippen LogP contribution in [0.2, 0.25) is 0 Å². The lowest BCUT2D eigenvalue weighted by molar-refractivity contribution is -0.394. The molecule has 2 aromatic heterocycles. The molecule has 1 fully saturated rings. The van der Waals surface area contributed by atoms with Crippen molar-refractivity contribution in [2.24, 2.45) is 5.10 Å². The van der Waals surface area contributed by atoms with Crippen LogP contribution < -0.4 is 15.9 Å². The largest absolute Gasteiger partial charge is 0.450 e. The number of nitrogen functional groups attached to an aromatic ring is 1. The number of nitro benzene ring substituents is 2. The van der Waals surface area contributed by atoms with Crippen LogP contribution in [-0.2, 0) is 6.54 Å². The molecule has 210 valence electrons. The summed E-state index contributed by atoms with van der Waals surface area (Å²) in [7, 11) is 0. The second-order valence-corrected chi connectivity index (χ2v) is 8.79. The molecule has 0 radical (unpaired) electrons. The number of likely N-dealkylation sites (tertiary alicyclic amines) is 1. The Morgan fingerprint density at radius 1 is 1.15 bits per heavy atom. The number of carbonyl (C=O) groups excluding carboxylic acids is 1. The first-order valence-corrected chi connectivity index (χ1v) is 12.1. The van der Waals surface area contributed by atoms with Crippen LogP contribution in [0.5, 0.6) is 11.5 Å². The van der Waals surface area contributed by atoms with E-state index in [0.29, 0.717) is 17.8 Å². The number of hydrogen-bond donors (Lipinski definition) is 2. The number of benzene rings is 2. The first-order valence-electron chi connectivity index (χ1n) is 12.1. The van der Waals surface area contributed by atoms with Gasteiger partial charge in [-0.15, -0.1) is 5.10 Å². The zero-order chi connectivity index (χ0) is 28.9. The van der Waals surface area contributed by atoms with E-state index in [2.05, 4.69) is 40.7 Å². The smallest absolute Gasteiger partial charge is 0.318 e. The number of anilines is 1. The second kappa shape index (κ2) is 11.5. The Morgan fingerprint density at radius 3 is 2.66 bits per heavy atom. The number of ether oxygens (including phenoxy) is 1. The van der Waals surface area contributed by atoms with Crippen LogP contribution in [-0.4, -0.2) is 65.3 Å². The number of non-ortho nitro benzene ring substituents is 1. The summed E-state index contributed by atoms with van der Waals surface area (Å²) in [6.07, 6.45) is 3.41. The van der Waals surface area contributed by atoms with Gasteiger partial charge < -0.3 is 10.5 Å². The maximum Gasteiger partial charge on any atom is 0.318 e. The van der Waals surface area contributed by atoms with Crippen molar-refractivity contribution in [2.45, 2.75) is 19.4 Å². The SMILES string of the molecule is Nc1nonc1-n1nnc(CN2CCCC2)c1C(=O)NN=Cc1cccc(Oc2ccc([N+](=O)[O-])cc2[N+](=O)[O-])c1. The molecule has 0 aliphatic carbocycles. The fourth-order valence-electron chi connectivity index (χ4n) is 4.14. The predicted molar refractivity (Wildman–Crippen MR) is 139 cm³/mol. The van der Waals surface area contributed by atoms with Gasteiger partial charge in [0, 0.05) is 12.6 Å². The minimum Gasteiger partial charge on any atom is -0.450 e. The Bertz CT molecular complexity index is 1640. The van der Waals surface area contributed by atoms with E-state index >= 15 is 0 Å². The fraction of sp³-hybridized carbons (Fsp3) is 0.217. The molecule has 0 atom stereocenters. The molecular weight excluding hydrogens is 542 g/mol. The molecule has 18 nitrogen and oxygen atoms in total. The van der Waals surface area contributed by atoms with E-state index in [1.54, 1.807) is 12.1 Å². The number of nitrogens with two attached hydrogens (primary N) is 1. The molecule has 1 aliphatic rings. The predicted octanol–water partition coefficient (Wildman–Crippen LogP) is 2.20. The number of aromatic nitrogens is 5. The monoisotopic (exact) mass is 563 g/mol. The molecule has 3 heterocycles. The van der Waals surface area contributed by atoms with Gasteiger partial charge in [-0.25, -0.2) is 10.1 Å². The van der Waals surface area contributed by atoms with Gasteiger partial charge in [-0.1, -0.05) is 17.3 Å². The summed E-state index contributed by atoms with van der Waals surface area (Å²) in [5.74, 6) is -0.705. The molecule has 18 heteroatoms. The van der Waals surface area contributed by atoms with E-state index in [1.807, 2.05) is 0 Å². The van der Waals surface area contributed by atoms with Gasteiger partial charge in [-0.3, -0.25) is 29.9 Å². The lowest BCUT2D eigenvalue weighted by Gasteiger charge is -2.13. The van der Waals surface area contributed by atoms with Crippen molar-refractivity contribution in [3.05, 3.63) is 79.6 Å². The molecule has 2 aromatic carbocycles. The maximum absolute atomic E-state index is 13.2. The van der Waals surface area contributed by atoms with Gasteiger partial charge in [0.15, 0.2) is 5.69 Å². The van der Waals surface area contributed by atoms with Crippen molar-refractivity contribution in [1.29, 1.82) is 0 Å². The molecule has 3 N–H and O–H groups in total. The Kier molecular flexibility index (Phi) is 7.54. The number of amides is 1. The van der Waals surface area contributed by atoms with Gasteiger partial charge in [-0.2, -0.15) is 9.78 Å². The third-order valence-corrected chi connectivity index (χ3v) is 6.04. The Morgan fingerprint density at radius 2 is 1.95 bits per heavy atom. The third kappa shape index (κ3) is 5.96. The summed E-state index contributed by atoms with van der Waals surface area (Å²) in [6.45, 7) is 2.11. The van der Waals surface area contributed by atoms with Crippen molar-refractivity contribution in [3.63, 3.8) is 0 Å². The standard InChI is InChI=1S/C23H21N11O7/c24-21-22(29-41-28-21)32-20(17(26-30-32)13-31-8-1-2-9-31)23(35)27-25-12-14-4-3-5-16(10-14)40-19-7-6-15(33(36)37)11-18(19)34(38)39/h3-7,10-12H,1-2,8-9,13H2,(H2,24,28)(H,27,35). The number of nitrogens with zero attached hydrogens (tertiary/aromatic N) is 9. The lowest BCUT2D eigenvalue weighted by atomic mass is 10.2. The number of hydrogen-bond acceptors (Lipinski definition) is 14. The maximum atomic E-state index is 13.2. The van der Waals surface area contributed by atoms with Gasteiger partial charge in [0.25, 0.3) is 11.6 Å². The van der Waals surface area contributed by atoms with Crippen molar-refractivity contribution >= 4 is 29.3 Å². The molecular formula is C23H21N11O7. The fourth-order valence-corrected chi connectivity index (χ4v) is 4.14. The van der Waals surface area contributed by atoms with Gasteiger partial charge in [-0.05, 0) is 60.0 Å². The molecule has 4 aromatic rings. The molecule has 5 rings (SSSR count). The van der Waals surface area contributed by atoms with Gasteiger partial charge in [0.05, 0.1) is 22.1 Å². The number of hydrazone groups is 1. The highest BCUT2D eigenvalue weighted by molar-refractivity contribution is 5.95. The minimum absolute atomic E-state index is 0.00416. The number of rotatable bonds is 10. The summed E-state index contributed by atoms with van der Waals surface area (Å²) < 4.78 is 11.4. The Balaban J connectivity index is 1.33. The topological polar surface area (TPSA) is 236 Å². The van der Waals surface area contributed by atoms with Crippen LogP contribution in [0.3, 0.4) is 0 Å². The minimum atomic E-state index is -0.774. The number of carbonyl (C=O) groups is 1. The summed E-state index contributed by atoms with van der Waals surface area (Å²) in [5, 5.41) is 41.8. The van der Waals surface area contributed by atoms with E-state index in [0.717, 1.165) is 48.8 Å². The Hall–Kier alpha value is -5.78. The van der Waals surface area contributed by atoms with E-state index in [9.17, 15) is 25.0 Å². The summed E-state index contributed by atoms with van der Waals surface area (Å²) >= 11 is 0. The molecule has 1 saturated heterocycles. The molecule has 41 heavy (non-hydrogen) atoms. The van der Waals surface area contributed by atoms with E-state index < -0.39 is 27.1 Å². The Labute approximate surface area is 229 Å². The van der Waals surface area contributed by atoms with Crippen LogP contribution in [0, 0.1) is 20.2 Å². The van der Waals surface area contributed by atoms with Crippen molar-refractivity contribution in [1.82, 2.24) is 35.6 Å². The van der Waals surface area contributed by atoms with Gasteiger partial charge in [0.1, 0.15) is 11.4 Å². The van der Waals surface area contributed by atoms with E-state index in [1.165, 1.54) is 18.3 Å². The van der Waals surface area contributed by atoms with E-state index in [4.69, 9.17) is 10.5 Å². The molecule has 0 bridgehead atoms. The van der Waals surface area contributed by atoms with Crippen LogP contribution >= 0.6 is 0 Å². The van der Waals surface area contributed by atoms with Crippen LogP contribution in [0.25, 0.3) is 5.82 Å². The van der Waals surface area contributed by atoms with Crippen molar-refractivity contribution < 1.29 is 24.0 Å². The molecule has 0 saturated carbocycles. The lowest BCUT2D eigenvalue weighted by Crippen LogP contribution is -2.26. The summed E-state index contributed by atoms with van der Waals surface area (Å²) in [5.41, 5.74) is 8.14. The van der Waals surface area contributed by atoms with Gasteiger partial charge in [0.2, 0.25) is 17.4 Å². The van der Waals surface area contributed by atoms with E-state index in [-0.39, 0.29) is 28.8 Å². The number of nitro groups is 2. The summed E-state index contributed by atoms with van der Waals surface area (Å²) in [6, 6.07) is 9.35. The quantitative estimate of drug-likeness (QED) is 0.160. The zero-order valence-electron chi connectivity index (χ0n) is 21.1. The first kappa shape index (κ1) is 26.8. The molecule has 1 amide bonds. The highest BCUT2D eigenvalue weighted by atomic mass is 16.6. The molecule has 0 spiro atoms. The normalized spacial score (nSPS) is 13.5. The highest BCUT2D eigenvalue weighted by Crippen LogP contribution is 2.34. The second-order valence-electron chi connectivity index (χ2n) is 8.79. The van der Waals surface area contributed by atoms with Crippen molar-refractivity contribution in [2.75, 3.05) is 18.8 Å². The number of nitrogens with one attached hydrogen (secondary N) is 1. The molecule has 1 aliphatic heterocycles.